The maximum Gasteiger partial charge on any atom is 0.233 e. The first-order chi connectivity index (χ1) is 7.66. The molecule has 5 heteroatoms. The molecule has 0 aromatic heterocycles. The zero-order chi connectivity index (χ0) is 11.6. The minimum Gasteiger partial charge on any atom is -0.354 e. The van der Waals surface area contributed by atoms with Crippen molar-refractivity contribution in [3.8, 4) is 0 Å². The Morgan fingerprint density at radius 2 is 2.18 bits per heavy atom. The van der Waals surface area contributed by atoms with Crippen molar-refractivity contribution in [1.29, 1.82) is 0 Å². The topological polar surface area (TPSA) is 55.1 Å². The zero-order valence-electron chi connectivity index (χ0n) is 9.41. The van der Waals surface area contributed by atoms with Crippen LogP contribution in [-0.2, 0) is 10.2 Å². The van der Waals surface area contributed by atoms with E-state index in [2.05, 4.69) is 5.32 Å². The van der Waals surface area contributed by atoms with E-state index in [1.54, 1.807) is 12.1 Å². The van der Waals surface area contributed by atoms with Crippen LogP contribution in [0.5, 0.6) is 0 Å². The van der Waals surface area contributed by atoms with Crippen molar-refractivity contribution in [2.24, 2.45) is 5.73 Å². The molecule has 0 unspecified atom stereocenters. The summed E-state index contributed by atoms with van der Waals surface area (Å²) in [5.41, 5.74) is 6.11. The average Bonchev–Trinajstić information content (AvgIpc) is 3.07. The van der Waals surface area contributed by atoms with Crippen molar-refractivity contribution in [3.05, 3.63) is 35.6 Å². The zero-order valence-corrected chi connectivity index (χ0v) is 10.2. The third kappa shape index (κ3) is 3.17. The van der Waals surface area contributed by atoms with Crippen LogP contribution in [0.15, 0.2) is 24.3 Å². The van der Waals surface area contributed by atoms with Gasteiger partial charge in [0.05, 0.1) is 6.54 Å². The Morgan fingerprint density at radius 3 is 2.71 bits per heavy atom. The van der Waals surface area contributed by atoms with Gasteiger partial charge in [-0.15, -0.1) is 12.4 Å². The second-order valence-corrected chi connectivity index (χ2v) is 4.27. The van der Waals surface area contributed by atoms with Gasteiger partial charge in [-0.1, -0.05) is 12.1 Å². The van der Waals surface area contributed by atoms with Gasteiger partial charge in [0.2, 0.25) is 5.91 Å². The van der Waals surface area contributed by atoms with Gasteiger partial charge in [0, 0.05) is 12.0 Å². The lowest BCUT2D eigenvalue weighted by Gasteiger charge is -2.16. The second-order valence-electron chi connectivity index (χ2n) is 4.27. The van der Waals surface area contributed by atoms with Crippen molar-refractivity contribution >= 4 is 18.3 Å². The Labute approximate surface area is 106 Å². The van der Waals surface area contributed by atoms with Crippen molar-refractivity contribution < 1.29 is 9.18 Å². The molecule has 2 rings (SSSR count). The summed E-state index contributed by atoms with van der Waals surface area (Å²) in [7, 11) is 0. The number of rotatable bonds is 4. The number of amides is 1. The number of hydrogen-bond donors (Lipinski definition) is 2. The van der Waals surface area contributed by atoms with E-state index in [4.69, 9.17) is 5.73 Å². The van der Waals surface area contributed by atoms with Crippen LogP contribution in [0, 0.1) is 5.82 Å². The molecule has 0 saturated heterocycles. The maximum atomic E-state index is 13.1. The minimum absolute atomic E-state index is 0. The fourth-order valence-electron chi connectivity index (χ4n) is 1.88. The minimum atomic E-state index is -0.228. The molecule has 0 spiro atoms. The summed E-state index contributed by atoms with van der Waals surface area (Å²) in [4.78, 5) is 11.1. The summed E-state index contributed by atoms with van der Waals surface area (Å²) in [6, 6.07) is 6.58. The largest absolute Gasteiger partial charge is 0.354 e. The van der Waals surface area contributed by atoms with Crippen molar-refractivity contribution in [1.82, 2.24) is 5.32 Å². The van der Waals surface area contributed by atoms with Gasteiger partial charge >= 0.3 is 0 Å². The second kappa shape index (κ2) is 5.47. The first-order valence-electron chi connectivity index (χ1n) is 5.39. The molecule has 1 aliphatic rings. The normalized spacial score (nSPS) is 15.9. The lowest BCUT2D eigenvalue weighted by atomic mass is 9.96. The Hall–Kier alpha value is -1.13. The van der Waals surface area contributed by atoms with Gasteiger partial charge < -0.3 is 11.1 Å². The molecule has 1 aliphatic carbocycles. The number of carbonyl (C=O) groups is 1. The fraction of sp³-hybridized carbons (Fsp3) is 0.417. The van der Waals surface area contributed by atoms with E-state index in [1.807, 2.05) is 6.07 Å². The molecule has 17 heavy (non-hydrogen) atoms. The number of carbonyl (C=O) groups excluding carboxylic acids is 1. The maximum absolute atomic E-state index is 13.1. The van der Waals surface area contributed by atoms with E-state index in [0.717, 1.165) is 18.4 Å². The van der Waals surface area contributed by atoms with Gasteiger partial charge in [-0.3, -0.25) is 4.79 Å². The van der Waals surface area contributed by atoms with Gasteiger partial charge in [0.1, 0.15) is 5.82 Å². The van der Waals surface area contributed by atoms with Gasteiger partial charge in [-0.05, 0) is 30.5 Å². The van der Waals surface area contributed by atoms with E-state index < -0.39 is 0 Å². The molecule has 1 saturated carbocycles. The highest BCUT2D eigenvalue weighted by Crippen LogP contribution is 2.47. The van der Waals surface area contributed by atoms with E-state index in [0.29, 0.717) is 6.54 Å². The van der Waals surface area contributed by atoms with Crippen molar-refractivity contribution in [2.75, 3.05) is 13.1 Å². The Kier molecular flexibility index (Phi) is 4.48. The third-order valence-electron chi connectivity index (χ3n) is 3.10. The smallest absolute Gasteiger partial charge is 0.233 e. The van der Waals surface area contributed by atoms with Gasteiger partial charge in [-0.2, -0.15) is 0 Å². The van der Waals surface area contributed by atoms with Crippen LogP contribution in [0.3, 0.4) is 0 Å². The highest BCUT2D eigenvalue weighted by molar-refractivity contribution is 5.85. The predicted octanol–water partition coefficient (Wildman–Crippen LogP) is 1.35. The lowest BCUT2D eigenvalue weighted by molar-refractivity contribution is -0.119. The molecule has 0 heterocycles. The monoisotopic (exact) mass is 258 g/mol. The number of hydrogen-bond acceptors (Lipinski definition) is 2. The fourth-order valence-corrected chi connectivity index (χ4v) is 1.88. The first-order valence-corrected chi connectivity index (χ1v) is 5.39. The Bertz CT molecular complexity index is 407. The average molecular weight is 259 g/mol. The SMILES string of the molecule is Cl.NCC(=O)NCC1(c2cccc(F)c2)CC1. The summed E-state index contributed by atoms with van der Waals surface area (Å²) in [6.45, 7) is 0.547. The highest BCUT2D eigenvalue weighted by atomic mass is 35.5. The van der Waals surface area contributed by atoms with Crippen molar-refractivity contribution in [2.45, 2.75) is 18.3 Å². The molecular weight excluding hydrogens is 243 g/mol. The molecule has 0 aliphatic heterocycles. The predicted molar refractivity (Wildman–Crippen MR) is 66.6 cm³/mol. The van der Waals surface area contributed by atoms with E-state index >= 15 is 0 Å². The van der Waals surface area contributed by atoms with Gasteiger partial charge in [0.15, 0.2) is 0 Å². The van der Waals surface area contributed by atoms with Crippen molar-refractivity contribution in [3.63, 3.8) is 0 Å². The van der Waals surface area contributed by atoms with E-state index in [1.165, 1.54) is 6.07 Å². The molecule has 3 N–H and O–H groups in total. The summed E-state index contributed by atoms with van der Waals surface area (Å²) in [5.74, 6) is -0.392. The van der Waals surface area contributed by atoms with Crippen LogP contribution < -0.4 is 11.1 Å². The Morgan fingerprint density at radius 1 is 1.47 bits per heavy atom. The molecule has 0 atom stereocenters. The molecular formula is C12H16ClFN2O. The van der Waals surface area contributed by atoms with Crippen LogP contribution in [0.4, 0.5) is 4.39 Å². The lowest BCUT2D eigenvalue weighted by Crippen LogP contribution is -2.36. The molecule has 1 aromatic rings. The first kappa shape index (κ1) is 13.9. The number of benzene rings is 1. The quantitative estimate of drug-likeness (QED) is 0.857. The van der Waals surface area contributed by atoms with Crippen LogP contribution in [0.1, 0.15) is 18.4 Å². The van der Waals surface area contributed by atoms with Crippen LogP contribution in [0.25, 0.3) is 0 Å². The van der Waals surface area contributed by atoms with Crippen LogP contribution in [0.2, 0.25) is 0 Å². The van der Waals surface area contributed by atoms with Gasteiger partial charge in [-0.25, -0.2) is 4.39 Å². The number of nitrogens with one attached hydrogen (secondary N) is 1. The standard InChI is InChI=1S/C12H15FN2O.ClH/c13-10-3-1-2-9(6-10)12(4-5-12)8-15-11(16)7-14;/h1-3,6H,4-5,7-8,14H2,(H,15,16);1H. The molecule has 3 nitrogen and oxygen atoms in total. The third-order valence-corrected chi connectivity index (χ3v) is 3.10. The number of nitrogens with two attached hydrogens (primary N) is 1. The Balaban J connectivity index is 0.00000144. The summed E-state index contributed by atoms with van der Waals surface area (Å²) < 4.78 is 13.1. The van der Waals surface area contributed by atoms with E-state index in [9.17, 15) is 9.18 Å². The van der Waals surface area contributed by atoms with Crippen LogP contribution in [-0.4, -0.2) is 19.0 Å². The highest BCUT2D eigenvalue weighted by Gasteiger charge is 2.44. The summed E-state index contributed by atoms with van der Waals surface area (Å²) in [6.07, 6.45) is 1.97. The number of halogens is 2. The van der Waals surface area contributed by atoms with Gasteiger partial charge in [0.25, 0.3) is 0 Å². The van der Waals surface area contributed by atoms with E-state index in [-0.39, 0.29) is 36.1 Å². The molecule has 0 radical (unpaired) electrons. The summed E-state index contributed by atoms with van der Waals surface area (Å²) >= 11 is 0. The van der Waals surface area contributed by atoms with Crippen LogP contribution >= 0.6 is 12.4 Å². The summed E-state index contributed by atoms with van der Waals surface area (Å²) in [5, 5.41) is 2.77. The molecule has 1 fully saturated rings. The molecule has 1 amide bonds. The molecule has 1 aromatic carbocycles. The molecule has 94 valence electrons. The molecule has 0 bridgehead atoms.